The van der Waals surface area contributed by atoms with Gasteiger partial charge in [-0.25, -0.2) is 0 Å². The van der Waals surface area contributed by atoms with Gasteiger partial charge in [-0.2, -0.15) is 0 Å². The number of hydrogen-bond donors (Lipinski definition) is 1. The summed E-state index contributed by atoms with van der Waals surface area (Å²) in [7, 11) is 0. The molecule has 1 radical (unpaired) electrons. The molecule has 3 aromatic rings. The fraction of sp³-hybridized carbons (Fsp3) is 0.417. The number of carbonyl (C=O) groups excluding carboxylic acids is 2. The lowest BCUT2D eigenvalue weighted by Crippen LogP contribution is -2.55. The molecule has 2 fully saturated rings. The Bertz CT molecular complexity index is 1400. The molecule has 0 bridgehead atoms. The molecular formula is C36H42ClN4O2. The lowest BCUT2D eigenvalue weighted by molar-refractivity contribution is -0.137. The first kappa shape index (κ1) is 29.7. The highest BCUT2D eigenvalue weighted by atomic mass is 35.5. The fourth-order valence-electron chi connectivity index (χ4n) is 6.86. The van der Waals surface area contributed by atoms with Gasteiger partial charge < -0.3 is 15.1 Å². The minimum absolute atomic E-state index is 0.00336. The standard InChI is InChI=1S/C36H42ClN4O2/c37-31-16-14-27(15-17-31)24-34(41-19-18-29-10-4-5-11-30(29)26-41)36(43)40-22-20-39(21-23-40)33-13-7-6-12-32(33)35(42)38-25-28-8-2-1-3-9-28/h4-7,10-17,19,28,34H,1-3,8-9,18,20-26H2,(H,38,42)/t34-/m1/s1. The summed E-state index contributed by atoms with van der Waals surface area (Å²) in [6.45, 7) is 6.31. The molecule has 7 heteroatoms. The van der Waals surface area contributed by atoms with Crippen molar-refractivity contribution in [3.8, 4) is 0 Å². The summed E-state index contributed by atoms with van der Waals surface area (Å²) in [4.78, 5) is 33.9. The number of para-hydroxylation sites is 1. The number of hydrogen-bond acceptors (Lipinski definition) is 4. The van der Waals surface area contributed by atoms with Crippen LogP contribution in [0.4, 0.5) is 5.69 Å². The molecule has 3 aromatic carbocycles. The molecule has 1 saturated carbocycles. The molecule has 1 N–H and O–H groups in total. The molecule has 0 spiro atoms. The Morgan fingerprint density at radius 2 is 1.53 bits per heavy atom. The molecule has 2 aliphatic heterocycles. The summed E-state index contributed by atoms with van der Waals surface area (Å²) in [5.41, 5.74) is 5.38. The van der Waals surface area contributed by atoms with Gasteiger partial charge in [0, 0.05) is 56.5 Å². The monoisotopic (exact) mass is 597 g/mol. The summed E-state index contributed by atoms with van der Waals surface area (Å²) >= 11 is 6.16. The SMILES string of the molecule is O=C(NCC1CCCCC1)c1ccccc1N1CCN(C(=O)[C@@H](Cc2ccc(Cl)cc2)N2[CH]Cc3ccccc3C2)CC1. The predicted molar refractivity (Wildman–Crippen MR) is 173 cm³/mol. The summed E-state index contributed by atoms with van der Waals surface area (Å²) in [5.74, 6) is 0.748. The molecule has 0 unspecified atom stereocenters. The molecule has 225 valence electrons. The molecule has 6 nitrogen and oxygen atoms in total. The first-order valence-electron chi connectivity index (χ1n) is 15.9. The number of benzene rings is 3. The zero-order chi connectivity index (χ0) is 29.6. The number of anilines is 1. The van der Waals surface area contributed by atoms with E-state index in [-0.39, 0.29) is 17.9 Å². The van der Waals surface area contributed by atoms with Gasteiger partial charge in [-0.1, -0.05) is 79.4 Å². The van der Waals surface area contributed by atoms with E-state index in [0.29, 0.717) is 43.5 Å². The van der Waals surface area contributed by atoms with Gasteiger partial charge in [0.25, 0.3) is 5.91 Å². The third-order valence-electron chi connectivity index (χ3n) is 9.40. The highest BCUT2D eigenvalue weighted by molar-refractivity contribution is 6.30. The minimum atomic E-state index is -0.293. The molecule has 1 aliphatic carbocycles. The average Bonchev–Trinajstić information content (AvgIpc) is 3.07. The molecule has 0 aromatic heterocycles. The van der Waals surface area contributed by atoms with Gasteiger partial charge in [-0.15, -0.1) is 0 Å². The number of amides is 2. The Balaban J connectivity index is 1.12. The van der Waals surface area contributed by atoms with Crippen molar-refractivity contribution in [1.82, 2.24) is 15.1 Å². The van der Waals surface area contributed by atoms with Crippen LogP contribution in [0.15, 0.2) is 72.8 Å². The second-order valence-corrected chi connectivity index (χ2v) is 12.7. The van der Waals surface area contributed by atoms with Crippen molar-refractivity contribution >= 4 is 29.1 Å². The van der Waals surface area contributed by atoms with Crippen LogP contribution in [0.1, 0.15) is 59.2 Å². The molecule has 2 heterocycles. The van der Waals surface area contributed by atoms with Crippen LogP contribution < -0.4 is 10.2 Å². The molecule has 43 heavy (non-hydrogen) atoms. The van der Waals surface area contributed by atoms with Crippen LogP contribution in [0.25, 0.3) is 0 Å². The van der Waals surface area contributed by atoms with Gasteiger partial charge in [-0.3, -0.25) is 14.5 Å². The predicted octanol–water partition coefficient (Wildman–Crippen LogP) is 6.13. The molecule has 1 atom stereocenters. The van der Waals surface area contributed by atoms with Crippen molar-refractivity contribution in [2.45, 2.75) is 57.5 Å². The van der Waals surface area contributed by atoms with Crippen molar-refractivity contribution in [1.29, 1.82) is 0 Å². The third-order valence-corrected chi connectivity index (χ3v) is 9.65. The smallest absolute Gasteiger partial charge is 0.253 e. The highest BCUT2D eigenvalue weighted by Gasteiger charge is 2.34. The lowest BCUT2D eigenvalue weighted by Gasteiger charge is -2.41. The molecule has 2 amide bonds. The first-order valence-corrected chi connectivity index (χ1v) is 16.2. The van der Waals surface area contributed by atoms with E-state index in [2.05, 4.69) is 45.9 Å². The number of rotatable bonds is 8. The second kappa shape index (κ2) is 14.0. The van der Waals surface area contributed by atoms with E-state index in [1.54, 1.807) is 0 Å². The zero-order valence-corrected chi connectivity index (χ0v) is 25.6. The molecule has 1 saturated heterocycles. The van der Waals surface area contributed by atoms with E-state index in [4.69, 9.17) is 11.6 Å². The third kappa shape index (κ3) is 7.25. The van der Waals surface area contributed by atoms with Crippen molar-refractivity contribution in [2.75, 3.05) is 37.6 Å². The summed E-state index contributed by atoms with van der Waals surface area (Å²) < 4.78 is 0. The van der Waals surface area contributed by atoms with Gasteiger partial charge in [0.1, 0.15) is 0 Å². The van der Waals surface area contributed by atoms with Crippen molar-refractivity contribution in [3.05, 3.63) is 107 Å². The number of carbonyl (C=O) groups is 2. The number of nitrogens with zero attached hydrogens (tertiary/aromatic N) is 3. The quantitative estimate of drug-likeness (QED) is 0.339. The topological polar surface area (TPSA) is 55.9 Å². The maximum Gasteiger partial charge on any atom is 0.253 e. The van der Waals surface area contributed by atoms with Crippen LogP contribution >= 0.6 is 11.6 Å². The Kier molecular flexibility index (Phi) is 9.64. The fourth-order valence-corrected chi connectivity index (χ4v) is 6.98. The normalized spacial score (nSPS) is 18.6. The Hall–Kier alpha value is -3.35. The Labute approximate surface area is 261 Å². The summed E-state index contributed by atoms with van der Waals surface area (Å²) in [5, 5.41) is 3.91. The Morgan fingerprint density at radius 3 is 2.30 bits per heavy atom. The van der Waals surface area contributed by atoms with Crippen LogP contribution in [0.5, 0.6) is 0 Å². The zero-order valence-electron chi connectivity index (χ0n) is 24.9. The maximum atomic E-state index is 14.2. The van der Waals surface area contributed by atoms with Crippen LogP contribution in [0, 0.1) is 12.5 Å². The molecule has 6 rings (SSSR count). The first-order chi connectivity index (χ1) is 21.0. The number of piperazine rings is 1. The maximum absolute atomic E-state index is 14.2. The van der Waals surface area contributed by atoms with Gasteiger partial charge in [-0.05, 0) is 72.6 Å². The average molecular weight is 598 g/mol. The summed E-state index contributed by atoms with van der Waals surface area (Å²) in [6, 6.07) is 23.9. The van der Waals surface area contributed by atoms with Crippen LogP contribution in [-0.2, 0) is 24.2 Å². The van der Waals surface area contributed by atoms with Gasteiger partial charge in [0.05, 0.1) is 11.6 Å². The highest BCUT2D eigenvalue weighted by Crippen LogP contribution is 2.28. The number of halogens is 1. The van der Waals surface area contributed by atoms with Crippen LogP contribution in [0.2, 0.25) is 5.02 Å². The van der Waals surface area contributed by atoms with E-state index in [0.717, 1.165) is 36.3 Å². The van der Waals surface area contributed by atoms with E-state index in [1.807, 2.05) is 53.4 Å². The van der Waals surface area contributed by atoms with E-state index >= 15 is 0 Å². The van der Waals surface area contributed by atoms with Crippen molar-refractivity contribution < 1.29 is 9.59 Å². The number of nitrogens with one attached hydrogen (secondary N) is 1. The molecular weight excluding hydrogens is 556 g/mol. The van der Waals surface area contributed by atoms with Crippen molar-refractivity contribution in [2.24, 2.45) is 5.92 Å². The second-order valence-electron chi connectivity index (χ2n) is 12.2. The van der Waals surface area contributed by atoms with E-state index in [9.17, 15) is 9.59 Å². The Morgan fingerprint density at radius 1 is 0.837 bits per heavy atom. The van der Waals surface area contributed by atoms with Gasteiger partial charge in [0.2, 0.25) is 5.91 Å². The number of fused-ring (bicyclic) bond motifs is 1. The molecule has 3 aliphatic rings. The lowest BCUT2D eigenvalue weighted by atomic mass is 9.89. The van der Waals surface area contributed by atoms with E-state index < -0.39 is 0 Å². The van der Waals surface area contributed by atoms with Crippen molar-refractivity contribution in [3.63, 3.8) is 0 Å². The largest absolute Gasteiger partial charge is 0.367 e. The minimum Gasteiger partial charge on any atom is -0.367 e. The summed E-state index contributed by atoms with van der Waals surface area (Å²) in [6.07, 6.45) is 7.71. The van der Waals surface area contributed by atoms with Gasteiger partial charge in [0.15, 0.2) is 0 Å². The van der Waals surface area contributed by atoms with Gasteiger partial charge >= 0.3 is 0 Å². The van der Waals surface area contributed by atoms with E-state index in [1.165, 1.54) is 43.2 Å². The van der Waals surface area contributed by atoms with Crippen LogP contribution in [-0.4, -0.2) is 60.4 Å². The van der Waals surface area contributed by atoms with Crippen LogP contribution in [0.3, 0.4) is 0 Å².